The van der Waals surface area contributed by atoms with Crippen molar-refractivity contribution in [1.29, 1.82) is 0 Å². The predicted molar refractivity (Wildman–Crippen MR) is 287 cm³/mol. The maximum absolute atomic E-state index is 12.3. The molecule has 0 saturated heterocycles. The summed E-state index contributed by atoms with van der Waals surface area (Å²) in [6.07, 6.45) is 5.65. The van der Waals surface area contributed by atoms with Crippen LogP contribution in [0.3, 0.4) is 0 Å². The smallest absolute Gasteiger partial charge is 0.168 e. The number of hydrogen-bond donors (Lipinski definition) is 4. The Morgan fingerprint density at radius 3 is 1.15 bits per heavy atom. The van der Waals surface area contributed by atoms with Crippen LogP contribution in [-0.2, 0) is 0 Å². The number of nitrogen functional groups attached to an aromatic ring is 2. The van der Waals surface area contributed by atoms with Gasteiger partial charge in [0.2, 0.25) is 0 Å². The third kappa shape index (κ3) is 12.7. The zero-order valence-electron chi connectivity index (χ0n) is 42.2. The van der Waals surface area contributed by atoms with E-state index in [0.717, 1.165) is 67.5 Å². The molecule has 0 aliphatic heterocycles. The zero-order valence-corrected chi connectivity index (χ0v) is 42.2. The fraction of sp³-hybridized carbons (Fsp3) is 0.203. The topological polar surface area (TPSA) is 201 Å². The Hall–Kier alpha value is -8.71. The highest BCUT2D eigenvalue weighted by atomic mass is 16.3. The van der Waals surface area contributed by atoms with Crippen molar-refractivity contribution in [2.45, 2.75) is 62.3 Å². The number of hydrogen-bond acceptors (Lipinski definition) is 10. The Balaban J connectivity index is 0.000000158. The maximum Gasteiger partial charge on any atom is 0.168 e. The van der Waals surface area contributed by atoms with Crippen molar-refractivity contribution in [1.82, 2.24) is 35.0 Å². The van der Waals surface area contributed by atoms with Gasteiger partial charge in [0, 0.05) is 67.3 Å². The minimum atomic E-state index is -0.399. The van der Waals surface area contributed by atoms with Gasteiger partial charge in [-0.05, 0) is 83.4 Å². The van der Waals surface area contributed by atoms with Gasteiger partial charge in [-0.2, -0.15) is 0 Å². The highest BCUT2D eigenvalue weighted by molar-refractivity contribution is 6.01. The molecule has 13 nitrogen and oxygen atoms in total. The third-order valence-electron chi connectivity index (χ3n) is 11.6. The molecule has 0 aliphatic rings. The average molecular weight is 960 g/mol. The summed E-state index contributed by atoms with van der Waals surface area (Å²) in [6, 6.07) is 46.7. The van der Waals surface area contributed by atoms with Gasteiger partial charge in [0.05, 0.1) is 23.8 Å². The van der Waals surface area contributed by atoms with Gasteiger partial charge in [-0.3, -0.25) is 14.4 Å². The Kier molecular flexibility index (Phi) is 15.0. The van der Waals surface area contributed by atoms with Crippen molar-refractivity contribution < 1.29 is 19.5 Å². The van der Waals surface area contributed by atoms with E-state index in [1.165, 1.54) is 0 Å². The molecule has 9 aromatic rings. The van der Waals surface area contributed by atoms with E-state index in [0.29, 0.717) is 16.8 Å². The summed E-state index contributed by atoms with van der Waals surface area (Å²) in [5.74, 6) is 0.600. The van der Waals surface area contributed by atoms with Crippen molar-refractivity contribution in [2.24, 2.45) is 16.2 Å². The first-order valence-corrected chi connectivity index (χ1v) is 23.5. The number of anilines is 2. The van der Waals surface area contributed by atoms with Crippen LogP contribution in [0.1, 0.15) is 93.4 Å². The number of Topliss-reactive ketones (excluding diaryl/α,β-unsaturated/α-hetero) is 3. The molecular weight excluding hydrogens is 899 g/mol. The van der Waals surface area contributed by atoms with E-state index in [4.69, 9.17) is 11.5 Å². The number of benzene rings is 6. The van der Waals surface area contributed by atoms with Gasteiger partial charge in [0.15, 0.2) is 17.3 Å². The van der Waals surface area contributed by atoms with Gasteiger partial charge < -0.3 is 21.6 Å². The number of aromatic amines is 1. The maximum atomic E-state index is 12.3. The minimum absolute atomic E-state index is 0.113. The lowest BCUT2D eigenvalue weighted by Crippen LogP contribution is -2.19. The lowest BCUT2D eigenvalue weighted by molar-refractivity contribution is 0.0852. The standard InChI is InChI=1S/C21H22N2O.C19H20N4O.C19H19N3O2/c1-21(2,3)20(24)16-6-4-15(5-7-16)19-12-17(13-23-19)14-8-10-18(22)11-9-14;1-19(2,3)18(24)14-6-4-13(5-7-14)17-12-23(22-21-17)16-10-8-15(20)9-11-16;1-19(2,3)18(24)14-6-4-13(5-7-14)17-12-22(21-20-17)15-8-10-16(23)11-9-15/h4-13,23H,22H2,1-3H3;4-12H,20H2,1-3H3;4-12,23H,1-3H3. The molecule has 0 atom stereocenters. The van der Waals surface area contributed by atoms with Crippen molar-refractivity contribution in [2.75, 3.05) is 11.5 Å². The van der Waals surface area contributed by atoms with Crippen molar-refractivity contribution in [3.8, 4) is 62.0 Å². The fourth-order valence-corrected chi connectivity index (χ4v) is 7.37. The van der Waals surface area contributed by atoms with Crippen LogP contribution in [0.2, 0.25) is 0 Å². The Bertz CT molecular complexity index is 2920. The lowest BCUT2D eigenvalue weighted by Gasteiger charge is -2.16. The van der Waals surface area contributed by atoms with Crippen LogP contribution in [-0.4, -0.2) is 57.4 Å². The van der Waals surface area contributed by atoms with E-state index in [-0.39, 0.29) is 33.9 Å². The number of phenols is 1. The molecular formula is C59H61N9O4. The number of rotatable bonds is 9. The normalized spacial score (nSPS) is 11.5. The number of aromatic hydroxyl groups is 1. The van der Waals surface area contributed by atoms with Crippen molar-refractivity contribution in [3.05, 3.63) is 187 Å². The number of H-pyrrole nitrogens is 1. The number of carbonyl (C=O) groups excluding carboxylic acids is 3. The molecule has 0 bridgehead atoms. The highest BCUT2D eigenvalue weighted by Crippen LogP contribution is 2.30. The number of nitrogens with zero attached hydrogens (tertiary/aromatic N) is 6. The molecule has 0 aliphatic carbocycles. The molecule has 3 heterocycles. The molecule has 9 rings (SSSR count). The van der Waals surface area contributed by atoms with Gasteiger partial charge >= 0.3 is 0 Å². The van der Waals surface area contributed by atoms with Crippen LogP contribution in [0.15, 0.2) is 170 Å². The molecule has 0 saturated carbocycles. The first kappa shape index (κ1) is 51.1. The highest BCUT2D eigenvalue weighted by Gasteiger charge is 2.25. The molecule has 366 valence electrons. The van der Waals surface area contributed by atoms with E-state index in [1.54, 1.807) is 33.6 Å². The van der Waals surface area contributed by atoms with Crippen LogP contribution in [0.5, 0.6) is 5.75 Å². The molecule has 0 radical (unpaired) electrons. The van der Waals surface area contributed by atoms with E-state index in [1.807, 2.05) is 202 Å². The monoisotopic (exact) mass is 959 g/mol. The molecule has 72 heavy (non-hydrogen) atoms. The van der Waals surface area contributed by atoms with Gasteiger partial charge in [-0.25, -0.2) is 9.36 Å². The largest absolute Gasteiger partial charge is 0.508 e. The van der Waals surface area contributed by atoms with Crippen LogP contribution < -0.4 is 11.5 Å². The number of phenolic OH excluding ortho intramolecular Hbond substituents is 1. The molecule has 0 amide bonds. The first-order valence-electron chi connectivity index (χ1n) is 23.5. The third-order valence-corrected chi connectivity index (χ3v) is 11.6. The van der Waals surface area contributed by atoms with Crippen LogP contribution in [0.4, 0.5) is 11.4 Å². The Labute approximate surface area is 420 Å². The quantitative estimate of drug-likeness (QED) is 0.0797. The molecule has 0 spiro atoms. The minimum Gasteiger partial charge on any atom is -0.508 e. The Morgan fingerprint density at radius 2 is 0.778 bits per heavy atom. The molecule has 6 N–H and O–H groups in total. The fourth-order valence-electron chi connectivity index (χ4n) is 7.37. The molecule has 13 heteroatoms. The molecule has 3 aromatic heterocycles. The van der Waals surface area contributed by atoms with Crippen LogP contribution >= 0.6 is 0 Å². The van der Waals surface area contributed by atoms with E-state index in [9.17, 15) is 19.5 Å². The second kappa shape index (κ2) is 21.1. The summed E-state index contributed by atoms with van der Waals surface area (Å²) in [4.78, 5) is 40.2. The summed E-state index contributed by atoms with van der Waals surface area (Å²) >= 11 is 0. The van der Waals surface area contributed by atoms with Gasteiger partial charge in [0.25, 0.3) is 0 Å². The summed E-state index contributed by atoms with van der Waals surface area (Å²) in [6.45, 7) is 17.3. The second-order valence-corrected chi connectivity index (χ2v) is 20.6. The number of nitrogens with two attached hydrogens (primary N) is 2. The van der Waals surface area contributed by atoms with Crippen molar-refractivity contribution in [3.63, 3.8) is 0 Å². The van der Waals surface area contributed by atoms with E-state index in [2.05, 4.69) is 31.7 Å². The summed E-state index contributed by atoms with van der Waals surface area (Å²) in [5, 5.41) is 26.0. The summed E-state index contributed by atoms with van der Waals surface area (Å²) in [7, 11) is 0. The van der Waals surface area contributed by atoms with Gasteiger partial charge in [0.1, 0.15) is 17.1 Å². The second-order valence-electron chi connectivity index (χ2n) is 20.6. The summed E-state index contributed by atoms with van der Waals surface area (Å²) in [5.41, 5.74) is 23.2. The summed E-state index contributed by atoms with van der Waals surface area (Å²) < 4.78 is 3.34. The number of nitrogens with one attached hydrogen (secondary N) is 1. The predicted octanol–water partition coefficient (Wildman–Crippen LogP) is 12.8. The first-order chi connectivity index (χ1) is 34.0. The lowest BCUT2D eigenvalue weighted by atomic mass is 9.86. The van der Waals surface area contributed by atoms with Gasteiger partial charge in [-0.1, -0.05) is 158 Å². The SMILES string of the molecule is CC(C)(C)C(=O)c1ccc(-c2cc(-c3ccc(N)cc3)c[nH]2)cc1.CC(C)(C)C(=O)c1ccc(-c2cn(-c3ccc(N)cc3)nn2)cc1.CC(C)(C)C(=O)c1ccc(-c2cn(-c3ccc(O)cc3)nn2)cc1. The van der Waals surface area contributed by atoms with Crippen LogP contribution in [0.25, 0.3) is 56.3 Å². The van der Waals surface area contributed by atoms with Crippen molar-refractivity contribution >= 4 is 28.7 Å². The van der Waals surface area contributed by atoms with Gasteiger partial charge in [-0.15, -0.1) is 10.2 Å². The van der Waals surface area contributed by atoms with E-state index < -0.39 is 5.41 Å². The number of carbonyl (C=O) groups is 3. The number of ketones is 3. The molecule has 0 fully saturated rings. The number of aromatic nitrogens is 7. The molecule has 6 aromatic carbocycles. The Morgan fingerprint density at radius 1 is 0.444 bits per heavy atom. The molecule has 0 unspecified atom stereocenters. The average Bonchev–Trinajstić information content (AvgIpc) is 4.17. The zero-order chi connectivity index (χ0) is 52.0. The van der Waals surface area contributed by atoms with E-state index >= 15 is 0 Å². The van der Waals surface area contributed by atoms with Crippen LogP contribution in [0, 0.1) is 16.2 Å².